The fourth-order valence-electron chi connectivity index (χ4n) is 4.31. The van der Waals surface area contributed by atoms with Gasteiger partial charge in [0.25, 0.3) is 0 Å². The lowest BCUT2D eigenvalue weighted by molar-refractivity contribution is -0.204. The van der Waals surface area contributed by atoms with Gasteiger partial charge in [0.05, 0.1) is 19.2 Å². The number of carbonyl (C=O) groups is 2. The smallest absolute Gasteiger partial charge is 0.248 e. The zero-order valence-electron chi connectivity index (χ0n) is 14.4. The molecule has 6 nitrogen and oxygen atoms in total. The second-order valence-corrected chi connectivity index (χ2v) is 7.87. The molecule has 4 rings (SSSR count). The predicted octanol–water partition coefficient (Wildman–Crippen LogP) is 1.19. The summed E-state index contributed by atoms with van der Waals surface area (Å²) in [7, 11) is 0. The lowest BCUT2D eigenvalue weighted by Gasteiger charge is -2.54. The quantitative estimate of drug-likeness (QED) is 0.774. The highest BCUT2D eigenvalue weighted by molar-refractivity contribution is 5.80. The van der Waals surface area contributed by atoms with Crippen molar-refractivity contribution < 1.29 is 19.1 Å². The van der Waals surface area contributed by atoms with Crippen molar-refractivity contribution in [2.24, 2.45) is 5.92 Å². The Morgan fingerprint density at radius 2 is 1.79 bits per heavy atom. The van der Waals surface area contributed by atoms with Gasteiger partial charge in [-0.25, -0.2) is 0 Å². The molecule has 1 unspecified atom stereocenters. The number of rotatable bonds is 4. The second kappa shape index (κ2) is 6.64. The molecule has 0 N–H and O–H groups in total. The molecule has 1 aliphatic carbocycles. The van der Waals surface area contributed by atoms with E-state index in [0.29, 0.717) is 25.6 Å². The fourth-order valence-corrected chi connectivity index (χ4v) is 4.31. The molecule has 1 saturated carbocycles. The minimum Gasteiger partial charge on any atom is -0.371 e. The Balaban J connectivity index is 1.23. The third-order valence-corrected chi connectivity index (χ3v) is 6.07. The summed E-state index contributed by atoms with van der Waals surface area (Å²) in [6.45, 7) is 3.99. The molecule has 3 aliphatic heterocycles. The van der Waals surface area contributed by atoms with Crippen LogP contribution >= 0.6 is 0 Å². The molecule has 3 heterocycles. The minimum absolute atomic E-state index is 0.0752. The SMILES string of the molecule is O=C(COC1CCOC2(C1)CN(C(=O)C1CCC1)C2)N1CCCC1. The summed E-state index contributed by atoms with van der Waals surface area (Å²) in [6.07, 6.45) is 7.22. The van der Waals surface area contributed by atoms with E-state index in [9.17, 15) is 9.59 Å². The molecule has 0 aromatic rings. The lowest BCUT2D eigenvalue weighted by atomic mass is 9.80. The first-order valence-corrected chi connectivity index (χ1v) is 9.47. The Labute approximate surface area is 143 Å². The summed E-state index contributed by atoms with van der Waals surface area (Å²) >= 11 is 0. The number of ether oxygens (including phenoxy) is 2. The van der Waals surface area contributed by atoms with Crippen LogP contribution in [0, 0.1) is 5.92 Å². The van der Waals surface area contributed by atoms with Gasteiger partial charge in [0.2, 0.25) is 11.8 Å². The lowest BCUT2D eigenvalue weighted by Crippen LogP contribution is -2.68. The molecule has 24 heavy (non-hydrogen) atoms. The maximum atomic E-state index is 12.3. The van der Waals surface area contributed by atoms with Gasteiger partial charge in [-0.2, -0.15) is 0 Å². The molecule has 1 spiro atoms. The van der Waals surface area contributed by atoms with Gasteiger partial charge < -0.3 is 19.3 Å². The van der Waals surface area contributed by atoms with Crippen molar-refractivity contribution in [3.63, 3.8) is 0 Å². The first kappa shape index (κ1) is 16.3. The number of nitrogens with zero attached hydrogens (tertiary/aromatic N) is 2. The Bertz CT molecular complexity index is 493. The van der Waals surface area contributed by atoms with E-state index in [1.54, 1.807) is 0 Å². The first-order valence-electron chi connectivity index (χ1n) is 9.47. The van der Waals surface area contributed by atoms with E-state index >= 15 is 0 Å². The van der Waals surface area contributed by atoms with Crippen LogP contribution < -0.4 is 0 Å². The van der Waals surface area contributed by atoms with E-state index in [2.05, 4.69) is 0 Å². The summed E-state index contributed by atoms with van der Waals surface area (Å²) in [5.41, 5.74) is -0.223. The maximum Gasteiger partial charge on any atom is 0.248 e. The van der Waals surface area contributed by atoms with Crippen LogP contribution in [0.5, 0.6) is 0 Å². The van der Waals surface area contributed by atoms with Gasteiger partial charge in [-0.1, -0.05) is 6.42 Å². The summed E-state index contributed by atoms with van der Waals surface area (Å²) in [6, 6.07) is 0. The van der Waals surface area contributed by atoms with Crippen LogP contribution in [-0.2, 0) is 19.1 Å². The normalized spacial score (nSPS) is 29.4. The Morgan fingerprint density at radius 3 is 2.46 bits per heavy atom. The molecule has 3 saturated heterocycles. The molecule has 1 atom stereocenters. The number of amides is 2. The van der Waals surface area contributed by atoms with Gasteiger partial charge >= 0.3 is 0 Å². The van der Waals surface area contributed by atoms with Crippen LogP contribution in [0.3, 0.4) is 0 Å². The van der Waals surface area contributed by atoms with Gasteiger partial charge in [-0.05, 0) is 32.1 Å². The van der Waals surface area contributed by atoms with Crippen molar-refractivity contribution in [1.82, 2.24) is 9.80 Å². The second-order valence-electron chi connectivity index (χ2n) is 7.87. The van der Waals surface area contributed by atoms with Gasteiger partial charge in [0.1, 0.15) is 12.2 Å². The summed E-state index contributed by atoms with van der Waals surface area (Å²) in [5.74, 6) is 0.683. The molecule has 4 aliphatic rings. The van der Waals surface area contributed by atoms with E-state index in [1.807, 2.05) is 9.80 Å². The third kappa shape index (κ3) is 3.18. The maximum absolute atomic E-state index is 12.3. The average molecular weight is 336 g/mol. The van der Waals surface area contributed by atoms with Crippen LogP contribution in [-0.4, -0.2) is 72.7 Å². The zero-order valence-corrected chi connectivity index (χ0v) is 14.4. The van der Waals surface area contributed by atoms with Crippen LogP contribution in [0.2, 0.25) is 0 Å². The summed E-state index contributed by atoms with van der Waals surface area (Å²) in [5, 5.41) is 0. The molecule has 0 aromatic carbocycles. The highest BCUT2D eigenvalue weighted by Crippen LogP contribution is 2.38. The van der Waals surface area contributed by atoms with Gasteiger partial charge in [0.15, 0.2) is 0 Å². The standard InChI is InChI=1S/C18H28N2O4/c21-16(19-7-1-2-8-19)11-23-15-6-9-24-18(10-15)12-20(13-18)17(22)14-4-3-5-14/h14-15H,1-13H2. The molecule has 6 heteroatoms. The molecule has 0 radical (unpaired) electrons. The van der Waals surface area contributed by atoms with Gasteiger partial charge in [-0.15, -0.1) is 0 Å². The van der Waals surface area contributed by atoms with Crippen molar-refractivity contribution in [3.05, 3.63) is 0 Å². The summed E-state index contributed by atoms with van der Waals surface area (Å²) < 4.78 is 11.9. The summed E-state index contributed by atoms with van der Waals surface area (Å²) in [4.78, 5) is 28.2. The molecule has 2 amide bonds. The highest BCUT2D eigenvalue weighted by Gasteiger charge is 2.50. The van der Waals surface area contributed by atoms with Crippen molar-refractivity contribution >= 4 is 11.8 Å². The van der Waals surface area contributed by atoms with Gasteiger partial charge in [-0.3, -0.25) is 9.59 Å². The molecule has 4 fully saturated rings. The van der Waals surface area contributed by atoms with Crippen LogP contribution in [0.25, 0.3) is 0 Å². The van der Waals surface area contributed by atoms with E-state index < -0.39 is 0 Å². The van der Waals surface area contributed by atoms with E-state index in [-0.39, 0.29) is 30.1 Å². The molecular weight excluding hydrogens is 308 g/mol. The fraction of sp³-hybridized carbons (Fsp3) is 0.889. The number of hydrogen-bond donors (Lipinski definition) is 0. The zero-order chi connectivity index (χ0) is 16.6. The van der Waals surface area contributed by atoms with Crippen LogP contribution in [0.1, 0.15) is 44.9 Å². The molecule has 0 bridgehead atoms. The number of likely N-dealkylation sites (tertiary alicyclic amines) is 2. The van der Waals surface area contributed by atoms with E-state index in [4.69, 9.17) is 9.47 Å². The molecule has 134 valence electrons. The molecular formula is C18H28N2O4. The third-order valence-electron chi connectivity index (χ3n) is 6.07. The molecule has 0 aromatic heterocycles. The topological polar surface area (TPSA) is 59.1 Å². The largest absolute Gasteiger partial charge is 0.371 e. The predicted molar refractivity (Wildman–Crippen MR) is 87.4 cm³/mol. The highest BCUT2D eigenvalue weighted by atomic mass is 16.5. The Kier molecular flexibility index (Phi) is 4.52. The van der Waals surface area contributed by atoms with Crippen molar-refractivity contribution in [1.29, 1.82) is 0 Å². The average Bonchev–Trinajstić information content (AvgIpc) is 3.03. The van der Waals surface area contributed by atoms with E-state index in [0.717, 1.165) is 51.6 Å². The van der Waals surface area contributed by atoms with E-state index in [1.165, 1.54) is 6.42 Å². The van der Waals surface area contributed by atoms with Crippen molar-refractivity contribution in [2.45, 2.75) is 56.7 Å². The Hall–Kier alpha value is -1.14. The Morgan fingerprint density at radius 1 is 1.04 bits per heavy atom. The first-order chi connectivity index (χ1) is 11.7. The monoisotopic (exact) mass is 336 g/mol. The van der Waals surface area contributed by atoms with Crippen LogP contribution in [0.4, 0.5) is 0 Å². The minimum atomic E-state index is -0.223. The number of carbonyl (C=O) groups excluding carboxylic acids is 2. The van der Waals surface area contributed by atoms with Crippen molar-refractivity contribution in [2.75, 3.05) is 39.4 Å². The van der Waals surface area contributed by atoms with Gasteiger partial charge in [0, 0.05) is 32.0 Å². The van der Waals surface area contributed by atoms with Crippen LogP contribution in [0.15, 0.2) is 0 Å². The van der Waals surface area contributed by atoms with Crippen molar-refractivity contribution in [3.8, 4) is 0 Å². The number of hydrogen-bond acceptors (Lipinski definition) is 4.